The van der Waals surface area contributed by atoms with Gasteiger partial charge in [-0.1, -0.05) is 72.3 Å². The van der Waals surface area contributed by atoms with E-state index in [-0.39, 0.29) is 5.91 Å². The van der Waals surface area contributed by atoms with E-state index < -0.39 is 0 Å². The third-order valence-corrected chi connectivity index (χ3v) is 6.36. The van der Waals surface area contributed by atoms with E-state index in [1.165, 1.54) is 29.2 Å². The van der Waals surface area contributed by atoms with Crippen molar-refractivity contribution in [1.29, 1.82) is 0 Å². The molecule has 34 heavy (non-hydrogen) atoms. The first-order valence-corrected chi connectivity index (χ1v) is 12.1. The largest absolute Gasteiger partial charge is 0.455 e. The van der Waals surface area contributed by atoms with Crippen LogP contribution in [0.4, 0.5) is 5.69 Å². The van der Waals surface area contributed by atoms with Crippen molar-refractivity contribution in [3.8, 4) is 11.5 Å². The molecule has 4 aromatic rings. The molecular formula is C29H27ClN2O2. The number of ether oxygens (including phenoxy) is 1. The topological polar surface area (TPSA) is 41.6 Å². The fourth-order valence-electron chi connectivity index (χ4n) is 4.24. The first-order chi connectivity index (χ1) is 16.7. The van der Waals surface area contributed by atoms with E-state index in [0.717, 1.165) is 6.54 Å². The molecule has 1 aliphatic carbocycles. The molecule has 5 heteroatoms. The number of amides is 1. The zero-order valence-electron chi connectivity index (χ0n) is 18.9. The highest BCUT2D eigenvalue weighted by Crippen LogP contribution is 2.33. The zero-order chi connectivity index (χ0) is 23.3. The highest BCUT2D eigenvalue weighted by molar-refractivity contribution is 6.31. The molecule has 1 fully saturated rings. The molecule has 0 unspecified atom stereocenters. The van der Waals surface area contributed by atoms with Crippen LogP contribution in [0.15, 0.2) is 91.0 Å². The number of benzene rings is 4. The minimum atomic E-state index is -0.0521. The monoisotopic (exact) mass is 470 g/mol. The molecule has 1 N–H and O–H groups in total. The second kappa shape index (κ2) is 10.3. The molecular weight excluding hydrogens is 444 g/mol. The number of carbonyl (C=O) groups is 1. The van der Waals surface area contributed by atoms with Crippen molar-refractivity contribution in [3.05, 3.63) is 102 Å². The average Bonchev–Trinajstić information content (AvgIpc) is 3.70. The van der Waals surface area contributed by atoms with Crippen LogP contribution in [0.5, 0.6) is 11.5 Å². The lowest BCUT2D eigenvalue weighted by Gasteiger charge is -2.23. The summed E-state index contributed by atoms with van der Waals surface area (Å²) in [6, 6.07) is 30.2. The van der Waals surface area contributed by atoms with Crippen LogP contribution in [0.2, 0.25) is 5.02 Å². The van der Waals surface area contributed by atoms with Crippen LogP contribution in [0.3, 0.4) is 0 Å². The predicted octanol–water partition coefficient (Wildman–Crippen LogP) is 7.28. The molecule has 0 atom stereocenters. The highest BCUT2D eigenvalue weighted by atomic mass is 35.5. The van der Waals surface area contributed by atoms with E-state index in [2.05, 4.69) is 52.7 Å². The molecule has 1 saturated carbocycles. The Morgan fingerprint density at radius 2 is 1.71 bits per heavy atom. The third kappa shape index (κ3) is 5.58. The molecule has 172 valence electrons. The van der Waals surface area contributed by atoms with Crippen LogP contribution in [0, 0.1) is 0 Å². The molecule has 0 saturated heterocycles. The summed E-state index contributed by atoms with van der Waals surface area (Å²) < 4.78 is 5.98. The lowest BCUT2D eigenvalue weighted by Crippen LogP contribution is -2.29. The van der Waals surface area contributed by atoms with Crippen molar-refractivity contribution in [1.82, 2.24) is 4.90 Å². The number of anilines is 1. The maximum Gasteiger partial charge on any atom is 0.225 e. The Kier molecular flexibility index (Phi) is 6.79. The van der Waals surface area contributed by atoms with Crippen molar-refractivity contribution in [2.24, 2.45) is 0 Å². The average molecular weight is 471 g/mol. The maximum atomic E-state index is 12.9. The standard InChI is InChI=1S/C29H27ClN2O2/c30-23-13-16-28(34-25-10-2-1-3-11-25)27(19-23)31-29(33)17-18-32(24-14-15-24)20-22-9-6-8-21-7-4-5-12-26(21)22/h1-13,16,19,24H,14-15,17-18,20H2,(H,31,33). The fraction of sp³-hybridized carbons (Fsp3) is 0.207. The lowest BCUT2D eigenvalue weighted by molar-refractivity contribution is -0.116. The summed E-state index contributed by atoms with van der Waals surface area (Å²) in [4.78, 5) is 15.3. The van der Waals surface area contributed by atoms with E-state index in [9.17, 15) is 4.79 Å². The number of rotatable bonds is 9. The van der Waals surface area contributed by atoms with Crippen LogP contribution in [0.1, 0.15) is 24.8 Å². The Bertz CT molecular complexity index is 1280. The summed E-state index contributed by atoms with van der Waals surface area (Å²) in [5.41, 5.74) is 1.88. The van der Waals surface area contributed by atoms with Gasteiger partial charge in [0, 0.05) is 30.6 Å². The van der Waals surface area contributed by atoms with Crippen molar-refractivity contribution < 1.29 is 9.53 Å². The van der Waals surface area contributed by atoms with Gasteiger partial charge in [-0.3, -0.25) is 9.69 Å². The fourth-order valence-corrected chi connectivity index (χ4v) is 4.41. The Morgan fingerprint density at radius 1 is 0.941 bits per heavy atom. The Hall–Kier alpha value is -3.34. The minimum absolute atomic E-state index is 0.0521. The van der Waals surface area contributed by atoms with Crippen molar-refractivity contribution in [3.63, 3.8) is 0 Å². The van der Waals surface area contributed by atoms with Gasteiger partial charge in [-0.15, -0.1) is 0 Å². The zero-order valence-corrected chi connectivity index (χ0v) is 19.7. The highest BCUT2D eigenvalue weighted by Gasteiger charge is 2.29. The van der Waals surface area contributed by atoms with E-state index in [1.807, 2.05) is 30.3 Å². The second-order valence-electron chi connectivity index (χ2n) is 8.69. The first kappa shape index (κ1) is 22.5. The van der Waals surface area contributed by atoms with Crippen molar-refractivity contribution in [2.45, 2.75) is 31.8 Å². The number of halogens is 1. The summed E-state index contributed by atoms with van der Waals surface area (Å²) in [5, 5.41) is 6.08. The van der Waals surface area contributed by atoms with Gasteiger partial charge < -0.3 is 10.1 Å². The molecule has 4 aromatic carbocycles. The summed E-state index contributed by atoms with van der Waals surface area (Å²) >= 11 is 6.20. The van der Waals surface area contributed by atoms with Gasteiger partial charge in [0.05, 0.1) is 5.69 Å². The molecule has 1 aliphatic rings. The normalized spacial score (nSPS) is 13.2. The van der Waals surface area contributed by atoms with Gasteiger partial charge in [0.25, 0.3) is 0 Å². The molecule has 4 nitrogen and oxygen atoms in total. The van der Waals surface area contributed by atoms with Crippen LogP contribution in [-0.2, 0) is 11.3 Å². The van der Waals surface area contributed by atoms with Crippen molar-refractivity contribution >= 4 is 34.0 Å². The number of carbonyl (C=O) groups excluding carboxylic acids is 1. The molecule has 0 aromatic heterocycles. The van der Waals surface area contributed by atoms with E-state index in [1.54, 1.807) is 18.2 Å². The van der Waals surface area contributed by atoms with Gasteiger partial charge in [-0.05, 0) is 59.5 Å². The number of para-hydroxylation sites is 1. The number of nitrogens with zero attached hydrogens (tertiary/aromatic N) is 1. The second-order valence-corrected chi connectivity index (χ2v) is 9.13. The Balaban J connectivity index is 1.25. The smallest absolute Gasteiger partial charge is 0.225 e. The van der Waals surface area contributed by atoms with E-state index in [0.29, 0.717) is 41.2 Å². The Labute approximate surface area is 205 Å². The van der Waals surface area contributed by atoms with E-state index >= 15 is 0 Å². The molecule has 1 amide bonds. The quantitative estimate of drug-likeness (QED) is 0.279. The van der Waals surface area contributed by atoms with Gasteiger partial charge in [-0.2, -0.15) is 0 Å². The van der Waals surface area contributed by atoms with Crippen LogP contribution in [0.25, 0.3) is 10.8 Å². The number of hydrogen-bond donors (Lipinski definition) is 1. The van der Waals surface area contributed by atoms with E-state index in [4.69, 9.17) is 16.3 Å². The lowest BCUT2D eigenvalue weighted by atomic mass is 10.0. The summed E-state index contributed by atoms with van der Waals surface area (Å²) in [6.45, 7) is 1.55. The SMILES string of the molecule is O=C(CCN(Cc1cccc2ccccc12)C1CC1)Nc1cc(Cl)ccc1Oc1ccccc1. The third-order valence-electron chi connectivity index (χ3n) is 6.13. The Morgan fingerprint density at radius 3 is 2.53 bits per heavy atom. The van der Waals surface area contributed by atoms with Crippen LogP contribution in [-0.4, -0.2) is 23.4 Å². The summed E-state index contributed by atoms with van der Waals surface area (Å²) in [6.07, 6.45) is 2.78. The van der Waals surface area contributed by atoms with Gasteiger partial charge in [0.1, 0.15) is 5.75 Å². The van der Waals surface area contributed by atoms with Gasteiger partial charge >= 0.3 is 0 Å². The van der Waals surface area contributed by atoms with Gasteiger partial charge in [-0.25, -0.2) is 0 Å². The summed E-state index contributed by atoms with van der Waals surface area (Å²) in [7, 11) is 0. The van der Waals surface area contributed by atoms with Gasteiger partial charge in [0.15, 0.2) is 5.75 Å². The minimum Gasteiger partial charge on any atom is -0.455 e. The van der Waals surface area contributed by atoms with Crippen LogP contribution < -0.4 is 10.1 Å². The molecule has 0 spiro atoms. The number of hydrogen-bond acceptors (Lipinski definition) is 3. The molecule has 5 rings (SSSR count). The first-order valence-electron chi connectivity index (χ1n) is 11.7. The molecule has 0 bridgehead atoms. The molecule has 0 aliphatic heterocycles. The van der Waals surface area contributed by atoms with Crippen molar-refractivity contribution in [2.75, 3.05) is 11.9 Å². The predicted molar refractivity (Wildman–Crippen MR) is 139 cm³/mol. The maximum absolute atomic E-state index is 12.9. The van der Waals surface area contributed by atoms with Gasteiger partial charge in [0.2, 0.25) is 5.91 Å². The molecule has 0 heterocycles. The number of nitrogens with one attached hydrogen (secondary N) is 1. The van der Waals surface area contributed by atoms with Crippen LogP contribution >= 0.6 is 11.6 Å². The molecule has 0 radical (unpaired) electrons. The summed E-state index contributed by atoms with van der Waals surface area (Å²) in [5.74, 6) is 1.22. The number of fused-ring (bicyclic) bond motifs is 1.